The Kier molecular flexibility index (Phi) is 4.39. The van der Waals surface area contributed by atoms with Crippen molar-refractivity contribution in [3.05, 3.63) is 0 Å². The van der Waals surface area contributed by atoms with Crippen molar-refractivity contribution in [3.63, 3.8) is 0 Å². The molecule has 2 atom stereocenters. The zero-order chi connectivity index (χ0) is 10.6. The lowest BCUT2D eigenvalue weighted by atomic mass is 9.96. The molecule has 0 spiro atoms. The molecule has 1 fully saturated rings. The van der Waals surface area contributed by atoms with Crippen molar-refractivity contribution in [2.45, 2.75) is 58.0 Å². The number of rotatable bonds is 3. The van der Waals surface area contributed by atoms with Gasteiger partial charge >= 0.3 is 0 Å². The van der Waals surface area contributed by atoms with E-state index in [1.165, 1.54) is 6.42 Å². The second kappa shape index (κ2) is 5.35. The highest BCUT2D eigenvalue weighted by molar-refractivity contribution is 5.77. The molecule has 0 bridgehead atoms. The maximum Gasteiger partial charge on any atom is 0.223 e. The summed E-state index contributed by atoms with van der Waals surface area (Å²) in [5.41, 5.74) is 5.70. The number of carbonyl (C=O) groups is 1. The highest BCUT2D eigenvalue weighted by Crippen LogP contribution is 2.23. The lowest BCUT2D eigenvalue weighted by molar-refractivity contribution is -0.137. The lowest BCUT2D eigenvalue weighted by Gasteiger charge is -2.40. The summed E-state index contributed by atoms with van der Waals surface area (Å²) in [6, 6.07) is 0.675. The van der Waals surface area contributed by atoms with Crippen molar-refractivity contribution in [1.29, 1.82) is 0 Å². The Bertz CT molecular complexity index is 194. The molecular weight excluding hydrogens is 176 g/mol. The summed E-state index contributed by atoms with van der Waals surface area (Å²) in [6.07, 6.45) is 5.02. The SMILES string of the molecule is CCCC(=O)N1C(C)CCCC1CN. The van der Waals surface area contributed by atoms with Gasteiger partial charge in [-0.15, -0.1) is 0 Å². The molecule has 0 saturated carbocycles. The quantitative estimate of drug-likeness (QED) is 0.747. The molecule has 0 aliphatic carbocycles. The topological polar surface area (TPSA) is 46.3 Å². The lowest BCUT2D eigenvalue weighted by Crippen LogP contribution is -2.51. The highest BCUT2D eigenvalue weighted by atomic mass is 16.2. The van der Waals surface area contributed by atoms with E-state index < -0.39 is 0 Å². The average molecular weight is 198 g/mol. The van der Waals surface area contributed by atoms with Crippen molar-refractivity contribution in [2.24, 2.45) is 5.73 Å². The molecule has 2 unspecified atom stereocenters. The van der Waals surface area contributed by atoms with Crippen LogP contribution in [-0.4, -0.2) is 29.4 Å². The molecule has 2 N–H and O–H groups in total. The van der Waals surface area contributed by atoms with Crippen LogP contribution in [0.1, 0.15) is 46.0 Å². The van der Waals surface area contributed by atoms with Gasteiger partial charge in [-0.05, 0) is 32.6 Å². The number of nitrogens with two attached hydrogens (primary N) is 1. The van der Waals surface area contributed by atoms with Crippen LogP contribution in [0.3, 0.4) is 0 Å². The van der Waals surface area contributed by atoms with Crippen LogP contribution >= 0.6 is 0 Å². The molecule has 0 radical (unpaired) electrons. The molecule has 1 heterocycles. The van der Waals surface area contributed by atoms with Crippen LogP contribution in [0.25, 0.3) is 0 Å². The summed E-state index contributed by atoms with van der Waals surface area (Å²) in [7, 11) is 0. The molecule has 82 valence electrons. The summed E-state index contributed by atoms with van der Waals surface area (Å²) in [5, 5.41) is 0. The largest absolute Gasteiger partial charge is 0.336 e. The van der Waals surface area contributed by atoms with Gasteiger partial charge in [0, 0.05) is 25.0 Å². The predicted molar refractivity (Wildman–Crippen MR) is 57.9 cm³/mol. The number of likely N-dealkylation sites (tertiary alicyclic amines) is 1. The van der Waals surface area contributed by atoms with E-state index in [4.69, 9.17) is 5.73 Å². The minimum atomic E-state index is 0.287. The molecule has 3 nitrogen and oxygen atoms in total. The zero-order valence-electron chi connectivity index (χ0n) is 9.33. The van der Waals surface area contributed by atoms with Crippen molar-refractivity contribution in [1.82, 2.24) is 4.90 Å². The van der Waals surface area contributed by atoms with Crippen molar-refractivity contribution in [2.75, 3.05) is 6.54 Å². The molecule has 0 aromatic heterocycles. The Morgan fingerprint density at radius 2 is 2.21 bits per heavy atom. The number of piperidine rings is 1. The van der Waals surface area contributed by atoms with Gasteiger partial charge in [-0.1, -0.05) is 6.92 Å². The van der Waals surface area contributed by atoms with E-state index in [2.05, 4.69) is 6.92 Å². The van der Waals surface area contributed by atoms with E-state index in [-0.39, 0.29) is 11.9 Å². The van der Waals surface area contributed by atoms with Crippen molar-refractivity contribution >= 4 is 5.91 Å². The smallest absolute Gasteiger partial charge is 0.223 e. The van der Waals surface area contributed by atoms with Gasteiger partial charge in [0.25, 0.3) is 0 Å². The number of nitrogens with zero attached hydrogens (tertiary/aromatic N) is 1. The molecular formula is C11H22N2O. The third-order valence-electron chi connectivity index (χ3n) is 3.05. The van der Waals surface area contributed by atoms with Gasteiger partial charge in [-0.25, -0.2) is 0 Å². The van der Waals surface area contributed by atoms with E-state index in [1.807, 2.05) is 11.8 Å². The first-order valence-corrected chi connectivity index (χ1v) is 5.72. The third kappa shape index (κ3) is 2.47. The summed E-state index contributed by atoms with van der Waals surface area (Å²) < 4.78 is 0. The number of hydrogen-bond donors (Lipinski definition) is 1. The van der Waals surface area contributed by atoms with E-state index in [9.17, 15) is 4.79 Å². The van der Waals surface area contributed by atoms with Crippen LogP contribution in [0.5, 0.6) is 0 Å². The summed E-state index contributed by atoms with van der Waals surface area (Å²) >= 11 is 0. The zero-order valence-corrected chi connectivity index (χ0v) is 9.33. The first-order valence-electron chi connectivity index (χ1n) is 5.72. The van der Waals surface area contributed by atoms with Gasteiger partial charge in [0.15, 0.2) is 0 Å². The Labute approximate surface area is 86.6 Å². The van der Waals surface area contributed by atoms with E-state index in [0.29, 0.717) is 19.0 Å². The Hall–Kier alpha value is -0.570. The monoisotopic (exact) mass is 198 g/mol. The summed E-state index contributed by atoms with van der Waals surface area (Å²) in [6.45, 7) is 4.79. The molecule has 1 aliphatic rings. The van der Waals surface area contributed by atoms with Crippen LogP contribution in [0.2, 0.25) is 0 Å². The first-order chi connectivity index (χ1) is 6.70. The van der Waals surface area contributed by atoms with Crippen molar-refractivity contribution < 1.29 is 4.79 Å². The Morgan fingerprint density at radius 1 is 1.50 bits per heavy atom. The molecule has 0 aromatic carbocycles. The molecule has 3 heteroatoms. The Balaban J connectivity index is 2.63. The van der Waals surface area contributed by atoms with E-state index in [0.717, 1.165) is 19.3 Å². The fourth-order valence-corrected chi connectivity index (χ4v) is 2.31. The normalized spacial score (nSPS) is 27.8. The van der Waals surface area contributed by atoms with Gasteiger partial charge in [0.2, 0.25) is 5.91 Å². The summed E-state index contributed by atoms with van der Waals surface area (Å²) in [4.78, 5) is 13.9. The van der Waals surface area contributed by atoms with Crippen LogP contribution in [0.4, 0.5) is 0 Å². The van der Waals surface area contributed by atoms with E-state index >= 15 is 0 Å². The van der Waals surface area contributed by atoms with Gasteiger partial charge in [0.1, 0.15) is 0 Å². The number of hydrogen-bond acceptors (Lipinski definition) is 2. The van der Waals surface area contributed by atoms with Gasteiger partial charge in [-0.3, -0.25) is 4.79 Å². The molecule has 1 rings (SSSR count). The van der Waals surface area contributed by atoms with Gasteiger partial charge < -0.3 is 10.6 Å². The minimum Gasteiger partial charge on any atom is -0.336 e. The number of carbonyl (C=O) groups excluding carboxylic acids is 1. The molecule has 14 heavy (non-hydrogen) atoms. The summed E-state index contributed by atoms with van der Waals surface area (Å²) in [5.74, 6) is 0.287. The average Bonchev–Trinajstić information content (AvgIpc) is 2.17. The van der Waals surface area contributed by atoms with Gasteiger partial charge in [-0.2, -0.15) is 0 Å². The van der Waals surface area contributed by atoms with Crippen LogP contribution in [-0.2, 0) is 4.79 Å². The number of amides is 1. The molecule has 1 saturated heterocycles. The van der Waals surface area contributed by atoms with Crippen LogP contribution < -0.4 is 5.73 Å². The molecule has 0 aromatic rings. The third-order valence-corrected chi connectivity index (χ3v) is 3.05. The molecule has 1 amide bonds. The minimum absolute atomic E-state index is 0.287. The molecule has 1 aliphatic heterocycles. The van der Waals surface area contributed by atoms with E-state index in [1.54, 1.807) is 0 Å². The van der Waals surface area contributed by atoms with Crippen LogP contribution in [0, 0.1) is 0 Å². The standard InChI is InChI=1S/C11H22N2O/c1-3-5-11(14)13-9(2)6-4-7-10(13)8-12/h9-10H,3-8,12H2,1-2H3. The van der Waals surface area contributed by atoms with Gasteiger partial charge in [0.05, 0.1) is 0 Å². The van der Waals surface area contributed by atoms with Crippen molar-refractivity contribution in [3.8, 4) is 0 Å². The maximum atomic E-state index is 11.8. The fraction of sp³-hybridized carbons (Fsp3) is 0.909. The second-order valence-corrected chi connectivity index (χ2v) is 4.22. The maximum absolute atomic E-state index is 11.8. The Morgan fingerprint density at radius 3 is 2.79 bits per heavy atom. The fourth-order valence-electron chi connectivity index (χ4n) is 2.31. The van der Waals surface area contributed by atoms with Crippen LogP contribution in [0.15, 0.2) is 0 Å². The second-order valence-electron chi connectivity index (χ2n) is 4.22. The predicted octanol–water partition coefficient (Wildman–Crippen LogP) is 1.51. The highest BCUT2D eigenvalue weighted by Gasteiger charge is 2.29. The first kappa shape index (κ1) is 11.5.